The second kappa shape index (κ2) is 9.65. The van der Waals surface area contributed by atoms with Crippen LogP contribution in [0.4, 0.5) is 0 Å². The average Bonchev–Trinajstić information content (AvgIpc) is 3.19. The van der Waals surface area contributed by atoms with Crippen LogP contribution in [0.3, 0.4) is 0 Å². The summed E-state index contributed by atoms with van der Waals surface area (Å²) in [4.78, 5) is 42.6. The number of benzene rings is 1. The number of rotatable bonds is 7. The van der Waals surface area contributed by atoms with E-state index >= 15 is 0 Å². The van der Waals surface area contributed by atoms with Gasteiger partial charge in [-0.15, -0.1) is 0 Å². The first kappa shape index (κ1) is 22.8. The van der Waals surface area contributed by atoms with Gasteiger partial charge in [0, 0.05) is 48.6 Å². The Hall–Kier alpha value is -3.35. The van der Waals surface area contributed by atoms with E-state index in [9.17, 15) is 14.4 Å². The number of nitrogens with zero attached hydrogens (tertiary/aromatic N) is 2. The Morgan fingerprint density at radius 2 is 1.88 bits per heavy atom. The zero-order valence-corrected chi connectivity index (χ0v) is 19.5. The minimum absolute atomic E-state index is 0.0524. The van der Waals surface area contributed by atoms with Crippen molar-refractivity contribution in [1.29, 1.82) is 0 Å². The number of hydrogen-bond acceptors (Lipinski definition) is 4. The number of piperidine rings is 1. The minimum Gasteiger partial charge on any atom is -0.496 e. The van der Waals surface area contributed by atoms with Crippen molar-refractivity contribution in [3.05, 3.63) is 69.4 Å². The highest BCUT2D eigenvalue weighted by atomic mass is 16.5. The monoisotopic (exact) mass is 449 g/mol. The van der Waals surface area contributed by atoms with Crippen molar-refractivity contribution >= 4 is 17.2 Å². The highest BCUT2D eigenvalue weighted by molar-refractivity contribution is 5.98. The van der Waals surface area contributed by atoms with Gasteiger partial charge in [0.2, 0.25) is 5.91 Å². The summed E-state index contributed by atoms with van der Waals surface area (Å²) in [5.41, 5.74) is 4.03. The number of aryl methyl sites for hydroxylation is 3. The van der Waals surface area contributed by atoms with E-state index in [4.69, 9.17) is 4.74 Å². The van der Waals surface area contributed by atoms with E-state index in [2.05, 4.69) is 4.98 Å². The maximum atomic E-state index is 12.9. The van der Waals surface area contributed by atoms with E-state index in [1.165, 1.54) is 0 Å². The first-order chi connectivity index (χ1) is 15.9. The zero-order valence-electron chi connectivity index (χ0n) is 19.5. The summed E-state index contributed by atoms with van der Waals surface area (Å²) < 4.78 is 7.17. The van der Waals surface area contributed by atoms with Crippen LogP contribution in [0.2, 0.25) is 0 Å². The van der Waals surface area contributed by atoms with Crippen molar-refractivity contribution in [2.75, 3.05) is 20.2 Å². The average molecular weight is 450 g/mol. The Balaban J connectivity index is 1.27. The first-order valence-corrected chi connectivity index (χ1v) is 11.5. The number of carbonyl (C=O) groups is 2. The molecule has 0 bridgehead atoms. The van der Waals surface area contributed by atoms with E-state index in [0.29, 0.717) is 56.3 Å². The van der Waals surface area contributed by atoms with Gasteiger partial charge in [0.25, 0.3) is 5.56 Å². The molecule has 7 nitrogen and oxygen atoms in total. The smallest absolute Gasteiger partial charge is 0.272 e. The van der Waals surface area contributed by atoms with Crippen LogP contribution in [-0.2, 0) is 11.2 Å². The molecule has 0 aliphatic carbocycles. The van der Waals surface area contributed by atoms with Gasteiger partial charge in [-0.3, -0.25) is 14.4 Å². The molecule has 174 valence electrons. The molecular weight excluding hydrogens is 418 g/mol. The second-order valence-corrected chi connectivity index (χ2v) is 8.90. The minimum atomic E-state index is -0.106. The summed E-state index contributed by atoms with van der Waals surface area (Å²) in [6.45, 7) is 5.11. The third-order valence-corrected chi connectivity index (χ3v) is 6.65. The molecule has 3 aromatic rings. The fraction of sp³-hybridized carbons (Fsp3) is 0.423. The molecule has 1 aliphatic heterocycles. The molecule has 0 spiro atoms. The van der Waals surface area contributed by atoms with Crippen LogP contribution < -0.4 is 10.3 Å². The summed E-state index contributed by atoms with van der Waals surface area (Å²) in [5.74, 6) is 0.983. The van der Waals surface area contributed by atoms with Crippen LogP contribution in [0.15, 0.2) is 41.3 Å². The van der Waals surface area contributed by atoms with Crippen LogP contribution in [0.1, 0.15) is 53.0 Å². The van der Waals surface area contributed by atoms with Crippen molar-refractivity contribution in [1.82, 2.24) is 14.3 Å². The quantitative estimate of drug-likeness (QED) is 0.558. The Kier molecular flexibility index (Phi) is 6.67. The number of nitrogens with one attached hydrogen (secondary N) is 1. The Bertz CT molecular complexity index is 1230. The highest BCUT2D eigenvalue weighted by Crippen LogP contribution is 2.25. The predicted octanol–water partition coefficient (Wildman–Crippen LogP) is 3.70. The standard InChI is InChI=1S/C26H31N3O4/c1-17-15-20(8-10-23(17)33-3)25(31)19-11-13-28(14-12-19)24(30)6-4-5-21-16-29-18(2)7-9-22(29)26(32)27-21/h7-10,15-16,19H,4-6,11-14H2,1-3H3,(H,27,32). The molecule has 1 saturated heterocycles. The van der Waals surface area contributed by atoms with Gasteiger partial charge < -0.3 is 19.0 Å². The lowest BCUT2D eigenvalue weighted by Crippen LogP contribution is -2.40. The van der Waals surface area contributed by atoms with E-state index < -0.39 is 0 Å². The maximum Gasteiger partial charge on any atom is 0.272 e. The number of likely N-dealkylation sites (tertiary alicyclic amines) is 1. The molecule has 0 unspecified atom stereocenters. The summed E-state index contributed by atoms with van der Waals surface area (Å²) >= 11 is 0. The number of ether oxygens (including phenoxy) is 1. The number of aromatic amines is 1. The molecule has 1 fully saturated rings. The lowest BCUT2D eigenvalue weighted by atomic mass is 9.88. The van der Waals surface area contributed by atoms with Gasteiger partial charge in [-0.2, -0.15) is 0 Å². The third kappa shape index (κ3) is 4.87. The normalized spacial score (nSPS) is 14.6. The van der Waals surface area contributed by atoms with Gasteiger partial charge >= 0.3 is 0 Å². The van der Waals surface area contributed by atoms with Crippen molar-refractivity contribution in [2.45, 2.75) is 46.0 Å². The maximum absolute atomic E-state index is 12.9. The van der Waals surface area contributed by atoms with Crippen LogP contribution in [-0.4, -0.2) is 46.2 Å². The van der Waals surface area contributed by atoms with Crippen LogP contribution in [0.5, 0.6) is 5.75 Å². The number of aromatic nitrogens is 2. The van der Waals surface area contributed by atoms with E-state index in [-0.39, 0.29) is 23.2 Å². The van der Waals surface area contributed by atoms with E-state index in [1.54, 1.807) is 7.11 Å². The molecule has 33 heavy (non-hydrogen) atoms. The summed E-state index contributed by atoms with van der Waals surface area (Å²) in [6, 6.07) is 9.27. The molecule has 1 aliphatic rings. The van der Waals surface area contributed by atoms with Crippen molar-refractivity contribution in [2.24, 2.45) is 5.92 Å². The molecule has 2 aromatic heterocycles. The largest absolute Gasteiger partial charge is 0.496 e. The fourth-order valence-electron chi connectivity index (χ4n) is 4.68. The number of H-pyrrole nitrogens is 1. The summed E-state index contributed by atoms with van der Waals surface area (Å²) in [5, 5.41) is 0. The summed E-state index contributed by atoms with van der Waals surface area (Å²) in [7, 11) is 1.62. The molecule has 1 N–H and O–H groups in total. The van der Waals surface area contributed by atoms with Gasteiger partial charge in [-0.25, -0.2) is 0 Å². The van der Waals surface area contributed by atoms with Gasteiger partial charge in [-0.1, -0.05) is 0 Å². The number of fused-ring (bicyclic) bond motifs is 1. The highest BCUT2D eigenvalue weighted by Gasteiger charge is 2.28. The number of carbonyl (C=O) groups excluding carboxylic acids is 2. The molecular formula is C26H31N3O4. The second-order valence-electron chi connectivity index (χ2n) is 8.90. The van der Waals surface area contributed by atoms with Crippen molar-refractivity contribution < 1.29 is 14.3 Å². The number of hydrogen-bond donors (Lipinski definition) is 1. The Labute approximate surface area is 193 Å². The number of Topliss-reactive ketones (excluding diaryl/α,β-unsaturated/α-hetero) is 1. The van der Waals surface area contributed by atoms with Crippen molar-refractivity contribution in [3.8, 4) is 5.75 Å². The Morgan fingerprint density at radius 3 is 2.58 bits per heavy atom. The van der Waals surface area contributed by atoms with E-state index in [1.807, 2.05) is 59.7 Å². The number of ketones is 1. The third-order valence-electron chi connectivity index (χ3n) is 6.65. The topological polar surface area (TPSA) is 83.9 Å². The van der Waals surface area contributed by atoms with Crippen molar-refractivity contribution in [3.63, 3.8) is 0 Å². The van der Waals surface area contributed by atoms with Crippen LogP contribution in [0, 0.1) is 19.8 Å². The molecule has 1 amide bonds. The predicted molar refractivity (Wildman–Crippen MR) is 127 cm³/mol. The van der Waals surface area contributed by atoms with Gasteiger partial charge in [-0.05, 0) is 75.4 Å². The zero-order chi connectivity index (χ0) is 23.5. The van der Waals surface area contributed by atoms with Crippen LogP contribution in [0.25, 0.3) is 5.52 Å². The number of methoxy groups -OCH3 is 1. The lowest BCUT2D eigenvalue weighted by molar-refractivity contribution is -0.132. The number of amides is 1. The van der Waals surface area contributed by atoms with Crippen LogP contribution >= 0.6 is 0 Å². The molecule has 0 atom stereocenters. The Morgan fingerprint density at radius 1 is 1.12 bits per heavy atom. The molecule has 3 heterocycles. The van der Waals surface area contributed by atoms with Gasteiger partial charge in [0.1, 0.15) is 11.3 Å². The molecule has 7 heteroatoms. The lowest BCUT2D eigenvalue weighted by Gasteiger charge is -2.31. The summed E-state index contributed by atoms with van der Waals surface area (Å²) in [6.07, 6.45) is 5.06. The SMILES string of the molecule is COc1ccc(C(=O)C2CCN(C(=O)CCCc3cn4c(C)ccc4c(=O)[nH]3)CC2)cc1C. The van der Waals surface area contributed by atoms with E-state index in [0.717, 1.165) is 22.7 Å². The van der Waals surface area contributed by atoms with Gasteiger partial charge in [0.15, 0.2) is 5.78 Å². The fourth-order valence-corrected chi connectivity index (χ4v) is 4.68. The molecule has 4 rings (SSSR count). The molecule has 0 radical (unpaired) electrons. The first-order valence-electron chi connectivity index (χ1n) is 11.5. The van der Waals surface area contributed by atoms with Gasteiger partial charge in [0.05, 0.1) is 7.11 Å². The molecule has 1 aromatic carbocycles. The molecule has 0 saturated carbocycles.